The predicted molar refractivity (Wildman–Crippen MR) is 78.5 cm³/mol. The molecule has 114 valence electrons. The molecule has 0 bridgehead atoms. The lowest BCUT2D eigenvalue weighted by Crippen LogP contribution is -2.18. The highest BCUT2D eigenvalue weighted by Crippen LogP contribution is 2.36. The third kappa shape index (κ3) is 4.05. The first kappa shape index (κ1) is 15.5. The van der Waals surface area contributed by atoms with Gasteiger partial charge in [0.25, 0.3) is 0 Å². The minimum absolute atomic E-state index is 0.217. The summed E-state index contributed by atoms with van der Waals surface area (Å²) in [6, 6.07) is 0. The van der Waals surface area contributed by atoms with Crippen LogP contribution in [-0.4, -0.2) is 21.4 Å². The third-order valence-corrected chi connectivity index (χ3v) is 4.55. The summed E-state index contributed by atoms with van der Waals surface area (Å²) in [5.41, 5.74) is 0. The van der Waals surface area contributed by atoms with Crippen LogP contribution in [0.1, 0.15) is 76.9 Å². The molecule has 0 amide bonds. The van der Waals surface area contributed by atoms with Gasteiger partial charge in [0.2, 0.25) is 5.89 Å². The highest BCUT2D eigenvalue weighted by atomic mass is 16.5. The molecule has 1 aromatic heterocycles. The molecule has 4 heteroatoms. The van der Waals surface area contributed by atoms with Crippen molar-refractivity contribution in [3.63, 3.8) is 0 Å². The minimum Gasteiger partial charge on any atom is -0.392 e. The van der Waals surface area contributed by atoms with Gasteiger partial charge in [0.15, 0.2) is 5.82 Å². The van der Waals surface area contributed by atoms with Crippen molar-refractivity contribution >= 4 is 0 Å². The summed E-state index contributed by atoms with van der Waals surface area (Å²) >= 11 is 0. The Bertz CT molecular complexity index is 395. The largest absolute Gasteiger partial charge is 0.392 e. The molecule has 0 radical (unpaired) electrons. The quantitative estimate of drug-likeness (QED) is 0.863. The molecule has 4 nitrogen and oxygen atoms in total. The van der Waals surface area contributed by atoms with Gasteiger partial charge in [-0.25, -0.2) is 0 Å². The fourth-order valence-electron chi connectivity index (χ4n) is 3.05. The second-order valence-corrected chi connectivity index (χ2v) is 6.57. The maximum absolute atomic E-state index is 9.87. The van der Waals surface area contributed by atoms with Gasteiger partial charge < -0.3 is 9.63 Å². The van der Waals surface area contributed by atoms with Crippen molar-refractivity contribution in [2.45, 2.75) is 77.7 Å². The molecule has 20 heavy (non-hydrogen) atoms. The van der Waals surface area contributed by atoms with Crippen LogP contribution in [0.15, 0.2) is 4.52 Å². The highest BCUT2D eigenvalue weighted by molar-refractivity contribution is 4.98. The van der Waals surface area contributed by atoms with Crippen molar-refractivity contribution in [2.24, 2.45) is 11.8 Å². The SMILES string of the molecule is CCCC1CCC(c2noc(CC(O)C(C)C)n2)CC1. The zero-order chi connectivity index (χ0) is 14.5. The van der Waals surface area contributed by atoms with E-state index in [1.165, 1.54) is 38.5 Å². The Kier molecular flexibility index (Phi) is 5.58. The molecule has 0 spiro atoms. The molecule has 0 saturated heterocycles. The fourth-order valence-corrected chi connectivity index (χ4v) is 3.05. The van der Waals surface area contributed by atoms with Crippen LogP contribution in [0.4, 0.5) is 0 Å². The Balaban J connectivity index is 1.87. The monoisotopic (exact) mass is 280 g/mol. The standard InChI is InChI=1S/C16H28N2O2/c1-4-5-12-6-8-13(9-7-12)16-17-15(20-18-16)10-14(19)11(2)3/h11-14,19H,4-10H2,1-3H3. The van der Waals surface area contributed by atoms with Crippen molar-refractivity contribution < 1.29 is 9.63 Å². The van der Waals surface area contributed by atoms with Crippen molar-refractivity contribution in [1.82, 2.24) is 10.1 Å². The molecule has 1 aliphatic rings. The second-order valence-electron chi connectivity index (χ2n) is 6.57. The average molecular weight is 280 g/mol. The average Bonchev–Trinajstić information content (AvgIpc) is 2.88. The van der Waals surface area contributed by atoms with E-state index in [0.717, 1.165) is 11.7 Å². The van der Waals surface area contributed by atoms with Gasteiger partial charge in [-0.15, -0.1) is 0 Å². The Hall–Kier alpha value is -0.900. The molecule has 0 aliphatic heterocycles. The van der Waals surface area contributed by atoms with E-state index in [0.29, 0.717) is 18.2 Å². The summed E-state index contributed by atoms with van der Waals surface area (Å²) < 4.78 is 5.29. The summed E-state index contributed by atoms with van der Waals surface area (Å²) in [5, 5.41) is 14.0. The van der Waals surface area contributed by atoms with Crippen LogP contribution in [0.5, 0.6) is 0 Å². The molecule has 1 fully saturated rings. The van der Waals surface area contributed by atoms with E-state index in [1.807, 2.05) is 13.8 Å². The molecule has 1 aliphatic carbocycles. The minimum atomic E-state index is -0.399. The highest BCUT2D eigenvalue weighted by Gasteiger charge is 2.26. The molecule has 1 saturated carbocycles. The number of nitrogens with zero attached hydrogens (tertiary/aromatic N) is 2. The van der Waals surface area contributed by atoms with Crippen LogP contribution < -0.4 is 0 Å². The molecule has 0 aromatic carbocycles. The zero-order valence-corrected chi connectivity index (χ0v) is 13.0. The Morgan fingerprint density at radius 1 is 1.25 bits per heavy atom. The lowest BCUT2D eigenvalue weighted by atomic mass is 9.80. The first-order valence-corrected chi connectivity index (χ1v) is 8.10. The van der Waals surface area contributed by atoms with Crippen molar-refractivity contribution in [1.29, 1.82) is 0 Å². The lowest BCUT2D eigenvalue weighted by Gasteiger charge is -2.26. The molecule has 1 heterocycles. The second kappa shape index (κ2) is 7.21. The lowest BCUT2D eigenvalue weighted by molar-refractivity contribution is 0.116. The Labute approximate surface area is 122 Å². The smallest absolute Gasteiger partial charge is 0.229 e. The summed E-state index contributed by atoms with van der Waals surface area (Å²) in [6.07, 6.45) is 7.64. The summed E-state index contributed by atoms with van der Waals surface area (Å²) in [6.45, 7) is 6.26. The first-order chi connectivity index (χ1) is 9.60. The third-order valence-electron chi connectivity index (χ3n) is 4.55. The van der Waals surface area contributed by atoms with E-state index in [4.69, 9.17) is 4.52 Å². The Morgan fingerprint density at radius 3 is 2.55 bits per heavy atom. The van der Waals surface area contributed by atoms with Gasteiger partial charge in [-0.2, -0.15) is 4.98 Å². The maximum atomic E-state index is 9.87. The van der Waals surface area contributed by atoms with Gasteiger partial charge in [0.1, 0.15) is 0 Å². The van der Waals surface area contributed by atoms with Crippen LogP contribution in [0, 0.1) is 11.8 Å². The van der Waals surface area contributed by atoms with Crippen LogP contribution in [0.2, 0.25) is 0 Å². The number of aliphatic hydroxyl groups is 1. The molecule has 1 unspecified atom stereocenters. The summed E-state index contributed by atoms with van der Waals surface area (Å²) in [5.74, 6) is 3.00. The first-order valence-electron chi connectivity index (χ1n) is 8.10. The summed E-state index contributed by atoms with van der Waals surface area (Å²) in [7, 11) is 0. The van der Waals surface area contributed by atoms with Gasteiger partial charge in [-0.05, 0) is 37.5 Å². The molecule has 2 rings (SSSR count). The predicted octanol–water partition coefficient (Wildman–Crippen LogP) is 3.70. The van der Waals surface area contributed by atoms with Crippen LogP contribution in [0.25, 0.3) is 0 Å². The maximum Gasteiger partial charge on any atom is 0.229 e. The van der Waals surface area contributed by atoms with E-state index in [9.17, 15) is 5.11 Å². The number of aliphatic hydroxyl groups excluding tert-OH is 1. The van der Waals surface area contributed by atoms with E-state index in [-0.39, 0.29) is 5.92 Å². The molecule has 1 aromatic rings. The molecule has 1 N–H and O–H groups in total. The van der Waals surface area contributed by atoms with Crippen molar-refractivity contribution in [3.05, 3.63) is 11.7 Å². The van der Waals surface area contributed by atoms with Crippen molar-refractivity contribution in [2.75, 3.05) is 0 Å². The molecule has 1 atom stereocenters. The van der Waals surface area contributed by atoms with Gasteiger partial charge in [0.05, 0.1) is 12.5 Å². The van der Waals surface area contributed by atoms with E-state index in [1.54, 1.807) is 0 Å². The zero-order valence-electron chi connectivity index (χ0n) is 13.0. The van der Waals surface area contributed by atoms with E-state index < -0.39 is 6.10 Å². The Morgan fingerprint density at radius 2 is 1.95 bits per heavy atom. The normalized spacial score (nSPS) is 25.1. The number of hydrogen-bond donors (Lipinski definition) is 1. The van der Waals surface area contributed by atoms with Gasteiger partial charge in [-0.1, -0.05) is 38.8 Å². The number of aromatic nitrogens is 2. The topological polar surface area (TPSA) is 59.2 Å². The van der Waals surface area contributed by atoms with Gasteiger partial charge >= 0.3 is 0 Å². The summed E-state index contributed by atoms with van der Waals surface area (Å²) in [4.78, 5) is 4.49. The van der Waals surface area contributed by atoms with Crippen LogP contribution >= 0.6 is 0 Å². The van der Waals surface area contributed by atoms with Crippen LogP contribution in [0.3, 0.4) is 0 Å². The van der Waals surface area contributed by atoms with Crippen LogP contribution in [-0.2, 0) is 6.42 Å². The molecular weight excluding hydrogens is 252 g/mol. The number of hydrogen-bond acceptors (Lipinski definition) is 4. The fraction of sp³-hybridized carbons (Fsp3) is 0.875. The van der Waals surface area contributed by atoms with E-state index >= 15 is 0 Å². The van der Waals surface area contributed by atoms with E-state index in [2.05, 4.69) is 17.1 Å². The molecular formula is C16H28N2O2. The van der Waals surface area contributed by atoms with Gasteiger partial charge in [-0.3, -0.25) is 0 Å². The number of rotatable bonds is 6. The van der Waals surface area contributed by atoms with Gasteiger partial charge in [0, 0.05) is 5.92 Å². The van der Waals surface area contributed by atoms with Crippen molar-refractivity contribution in [3.8, 4) is 0 Å².